The molecule has 0 bridgehead atoms. The molecule has 0 spiro atoms. The zero-order chi connectivity index (χ0) is 8.81. The summed E-state index contributed by atoms with van der Waals surface area (Å²) in [6.07, 6.45) is 3.61. The van der Waals surface area contributed by atoms with Crippen molar-refractivity contribution >= 4 is 17.7 Å². The van der Waals surface area contributed by atoms with Gasteiger partial charge in [0.15, 0.2) is 0 Å². The van der Waals surface area contributed by atoms with E-state index in [1.165, 1.54) is 0 Å². The predicted octanol–water partition coefficient (Wildman–Crippen LogP) is 1.74. The van der Waals surface area contributed by atoms with E-state index in [4.69, 9.17) is 16.3 Å². The number of methoxy groups -OCH3 is 1. The fourth-order valence-corrected chi connectivity index (χ4v) is 0.782. The lowest BCUT2D eigenvalue weighted by Crippen LogP contribution is -1.91. The molecule has 0 aliphatic heterocycles. The summed E-state index contributed by atoms with van der Waals surface area (Å²) in [7, 11) is 1.55. The van der Waals surface area contributed by atoms with Gasteiger partial charge in [-0.1, -0.05) is 6.08 Å². The molecule has 0 amide bonds. The second kappa shape index (κ2) is 4.72. The molecular weight excluding hydrogens is 176 g/mol. The molecule has 0 fully saturated rings. The number of hydrogen-bond acceptors (Lipinski definition) is 3. The Morgan fingerprint density at radius 2 is 2.33 bits per heavy atom. The van der Waals surface area contributed by atoms with Crippen molar-refractivity contribution in [2.24, 2.45) is 0 Å². The Morgan fingerprint density at radius 1 is 1.50 bits per heavy atom. The van der Waals surface area contributed by atoms with Gasteiger partial charge in [0, 0.05) is 11.9 Å². The first-order valence-electron chi connectivity index (χ1n) is 3.47. The number of halogens is 1. The number of aromatic nitrogens is 2. The van der Waals surface area contributed by atoms with Gasteiger partial charge in [-0.2, -0.15) is 0 Å². The van der Waals surface area contributed by atoms with E-state index in [1.807, 2.05) is 6.07 Å². The number of rotatable bonds is 3. The van der Waals surface area contributed by atoms with Gasteiger partial charge in [-0.3, -0.25) is 0 Å². The average molecular weight is 185 g/mol. The van der Waals surface area contributed by atoms with E-state index >= 15 is 0 Å². The summed E-state index contributed by atoms with van der Waals surface area (Å²) in [5.74, 6) is 0.992. The second-order valence-electron chi connectivity index (χ2n) is 2.06. The van der Waals surface area contributed by atoms with E-state index in [0.717, 1.165) is 5.69 Å². The molecule has 0 N–H and O–H groups in total. The summed E-state index contributed by atoms with van der Waals surface area (Å²) in [6, 6.07) is 3.57. The van der Waals surface area contributed by atoms with Crippen LogP contribution in [-0.4, -0.2) is 23.2 Å². The fourth-order valence-electron chi connectivity index (χ4n) is 0.693. The molecule has 0 radical (unpaired) electrons. The Labute approximate surface area is 76.0 Å². The molecular formula is C8H9ClN2O. The Hall–Kier alpha value is -1.09. The summed E-state index contributed by atoms with van der Waals surface area (Å²) >= 11 is 5.45. The zero-order valence-corrected chi connectivity index (χ0v) is 7.45. The van der Waals surface area contributed by atoms with Gasteiger partial charge in [-0.15, -0.1) is 21.8 Å². The van der Waals surface area contributed by atoms with Gasteiger partial charge in [-0.25, -0.2) is 0 Å². The third-order valence-corrected chi connectivity index (χ3v) is 1.43. The maximum absolute atomic E-state index is 5.45. The molecule has 4 heteroatoms. The highest BCUT2D eigenvalue weighted by Crippen LogP contribution is 2.04. The van der Waals surface area contributed by atoms with Crippen LogP contribution in [0.2, 0.25) is 0 Å². The van der Waals surface area contributed by atoms with Crippen LogP contribution in [-0.2, 0) is 0 Å². The Bertz CT molecular complexity index is 258. The molecule has 1 rings (SSSR count). The quantitative estimate of drug-likeness (QED) is 0.672. The van der Waals surface area contributed by atoms with Crippen LogP contribution in [0.4, 0.5) is 0 Å². The largest absolute Gasteiger partial charge is 0.480 e. The third-order valence-electron chi connectivity index (χ3n) is 1.25. The SMILES string of the molecule is COc1ccc(C=CCCl)nn1. The fraction of sp³-hybridized carbons (Fsp3) is 0.250. The summed E-state index contributed by atoms with van der Waals surface area (Å²) in [4.78, 5) is 0. The van der Waals surface area contributed by atoms with Gasteiger partial charge < -0.3 is 4.74 Å². The monoisotopic (exact) mass is 184 g/mol. The van der Waals surface area contributed by atoms with Crippen molar-refractivity contribution in [3.63, 3.8) is 0 Å². The van der Waals surface area contributed by atoms with Crippen molar-refractivity contribution in [3.8, 4) is 5.88 Å². The molecule has 64 valence electrons. The van der Waals surface area contributed by atoms with Crippen LogP contribution in [0.3, 0.4) is 0 Å². The summed E-state index contributed by atoms with van der Waals surface area (Å²) in [5, 5.41) is 7.65. The van der Waals surface area contributed by atoms with Gasteiger partial charge in [-0.05, 0) is 12.1 Å². The standard InChI is InChI=1S/C8H9ClN2O/c1-12-8-5-4-7(10-11-8)3-2-6-9/h2-5H,6H2,1H3. The average Bonchev–Trinajstić information content (AvgIpc) is 2.15. The molecule has 1 aromatic heterocycles. The van der Waals surface area contributed by atoms with Gasteiger partial charge in [0.25, 0.3) is 0 Å². The molecule has 0 saturated carbocycles. The van der Waals surface area contributed by atoms with Crippen molar-refractivity contribution in [1.29, 1.82) is 0 Å². The maximum Gasteiger partial charge on any atom is 0.233 e. The van der Waals surface area contributed by atoms with E-state index in [1.54, 1.807) is 25.3 Å². The summed E-state index contributed by atoms with van der Waals surface area (Å²) < 4.78 is 4.85. The van der Waals surface area contributed by atoms with Crippen LogP contribution in [0.1, 0.15) is 5.69 Å². The lowest BCUT2D eigenvalue weighted by atomic mass is 10.3. The molecule has 1 heterocycles. The second-order valence-corrected chi connectivity index (χ2v) is 2.37. The van der Waals surface area contributed by atoms with E-state index in [2.05, 4.69) is 10.2 Å². The first-order chi connectivity index (χ1) is 5.86. The molecule has 0 aromatic carbocycles. The molecule has 3 nitrogen and oxygen atoms in total. The van der Waals surface area contributed by atoms with Gasteiger partial charge >= 0.3 is 0 Å². The van der Waals surface area contributed by atoms with Crippen LogP contribution in [0.5, 0.6) is 5.88 Å². The molecule has 0 unspecified atom stereocenters. The van der Waals surface area contributed by atoms with Crippen molar-refractivity contribution in [2.45, 2.75) is 0 Å². The summed E-state index contributed by atoms with van der Waals surface area (Å²) in [6.45, 7) is 0. The van der Waals surface area contributed by atoms with Crippen LogP contribution in [0, 0.1) is 0 Å². The minimum absolute atomic E-state index is 0.480. The topological polar surface area (TPSA) is 35.0 Å². The van der Waals surface area contributed by atoms with Crippen LogP contribution < -0.4 is 4.74 Å². The Kier molecular flexibility index (Phi) is 3.54. The van der Waals surface area contributed by atoms with Crippen molar-refractivity contribution < 1.29 is 4.74 Å². The smallest absolute Gasteiger partial charge is 0.233 e. The van der Waals surface area contributed by atoms with E-state index in [9.17, 15) is 0 Å². The predicted molar refractivity (Wildman–Crippen MR) is 48.3 cm³/mol. The van der Waals surface area contributed by atoms with E-state index < -0.39 is 0 Å². The molecule has 0 aliphatic rings. The number of ether oxygens (including phenoxy) is 1. The van der Waals surface area contributed by atoms with Gasteiger partial charge in [0.1, 0.15) is 0 Å². The number of alkyl halides is 1. The number of hydrogen-bond donors (Lipinski definition) is 0. The first kappa shape index (κ1) is 9.00. The first-order valence-corrected chi connectivity index (χ1v) is 4.00. The Balaban J connectivity index is 2.71. The lowest BCUT2D eigenvalue weighted by molar-refractivity contribution is 0.392. The van der Waals surface area contributed by atoms with Crippen molar-refractivity contribution in [3.05, 3.63) is 23.9 Å². The minimum atomic E-state index is 0.480. The highest BCUT2D eigenvalue weighted by atomic mass is 35.5. The number of nitrogens with zero attached hydrogens (tertiary/aromatic N) is 2. The molecule has 1 aromatic rings. The maximum atomic E-state index is 5.45. The molecule has 0 atom stereocenters. The van der Waals surface area contributed by atoms with Crippen LogP contribution in [0.15, 0.2) is 18.2 Å². The normalized spacial score (nSPS) is 10.5. The minimum Gasteiger partial charge on any atom is -0.480 e. The van der Waals surface area contributed by atoms with Crippen molar-refractivity contribution in [1.82, 2.24) is 10.2 Å². The zero-order valence-electron chi connectivity index (χ0n) is 6.70. The lowest BCUT2D eigenvalue weighted by Gasteiger charge is -1.95. The number of allylic oxidation sites excluding steroid dienone is 1. The molecule has 0 saturated heterocycles. The molecule has 0 aliphatic carbocycles. The van der Waals surface area contributed by atoms with Gasteiger partial charge in [0.05, 0.1) is 12.8 Å². The van der Waals surface area contributed by atoms with Gasteiger partial charge in [0.2, 0.25) is 5.88 Å². The van der Waals surface area contributed by atoms with E-state index in [-0.39, 0.29) is 0 Å². The highest BCUT2D eigenvalue weighted by Gasteiger charge is 1.91. The summed E-state index contributed by atoms with van der Waals surface area (Å²) in [5.41, 5.74) is 0.774. The Morgan fingerprint density at radius 3 is 2.83 bits per heavy atom. The van der Waals surface area contributed by atoms with Crippen molar-refractivity contribution in [2.75, 3.05) is 13.0 Å². The third kappa shape index (κ3) is 2.51. The van der Waals surface area contributed by atoms with E-state index in [0.29, 0.717) is 11.8 Å². The van der Waals surface area contributed by atoms with Crippen LogP contribution in [0.25, 0.3) is 6.08 Å². The van der Waals surface area contributed by atoms with Crippen LogP contribution >= 0.6 is 11.6 Å². The highest BCUT2D eigenvalue weighted by molar-refractivity contribution is 6.19. The molecule has 12 heavy (non-hydrogen) atoms.